The van der Waals surface area contributed by atoms with Gasteiger partial charge in [-0.2, -0.15) is 0 Å². The first-order valence-electron chi connectivity index (χ1n) is 9.66. The van der Waals surface area contributed by atoms with Crippen LogP contribution in [0.25, 0.3) is 0 Å². The Bertz CT molecular complexity index is 1150. The molecule has 0 spiro atoms. The highest BCUT2D eigenvalue weighted by Gasteiger charge is 2.19. The number of amides is 1. The van der Waals surface area contributed by atoms with Crippen molar-refractivity contribution in [2.24, 2.45) is 0 Å². The van der Waals surface area contributed by atoms with Crippen LogP contribution in [0.15, 0.2) is 51.8 Å². The third-order valence-corrected chi connectivity index (χ3v) is 7.05. The highest BCUT2D eigenvalue weighted by molar-refractivity contribution is 7.92. The second kappa shape index (κ2) is 8.79. The van der Waals surface area contributed by atoms with Gasteiger partial charge in [-0.15, -0.1) is 5.10 Å². The molecule has 7 nitrogen and oxygen atoms in total. The number of carbonyl (C=O) groups is 1. The predicted molar refractivity (Wildman–Crippen MR) is 114 cm³/mol. The van der Waals surface area contributed by atoms with Gasteiger partial charge >= 0.3 is 6.01 Å². The van der Waals surface area contributed by atoms with E-state index in [4.69, 9.17) is 4.42 Å². The SMILES string of the molecule is Cc1ccc(CC(=O)Nc2nnc(Cc3ccc(S(=O)(=O)C(C)C)cc3)o2)cc1C. The second-order valence-corrected chi connectivity index (χ2v) is 10.1. The molecule has 1 amide bonds. The van der Waals surface area contributed by atoms with Crippen molar-refractivity contribution in [1.82, 2.24) is 10.2 Å². The lowest BCUT2D eigenvalue weighted by Crippen LogP contribution is -2.14. The highest BCUT2D eigenvalue weighted by Crippen LogP contribution is 2.18. The number of carbonyl (C=O) groups excluding carboxylic acids is 1. The van der Waals surface area contributed by atoms with Crippen LogP contribution in [0.3, 0.4) is 0 Å². The van der Waals surface area contributed by atoms with Crippen molar-refractivity contribution in [3.63, 3.8) is 0 Å². The molecular formula is C22H25N3O4S. The van der Waals surface area contributed by atoms with Crippen LogP contribution in [0.4, 0.5) is 6.01 Å². The van der Waals surface area contributed by atoms with Gasteiger partial charge in [0, 0.05) is 0 Å². The van der Waals surface area contributed by atoms with Gasteiger partial charge in [0.25, 0.3) is 0 Å². The van der Waals surface area contributed by atoms with Crippen LogP contribution < -0.4 is 5.32 Å². The van der Waals surface area contributed by atoms with Gasteiger partial charge in [0.15, 0.2) is 9.84 Å². The number of sulfone groups is 1. The highest BCUT2D eigenvalue weighted by atomic mass is 32.2. The summed E-state index contributed by atoms with van der Waals surface area (Å²) in [5.74, 6) is 0.0904. The summed E-state index contributed by atoms with van der Waals surface area (Å²) >= 11 is 0. The average molecular weight is 428 g/mol. The lowest BCUT2D eigenvalue weighted by Gasteiger charge is -2.08. The number of hydrogen-bond donors (Lipinski definition) is 1. The van der Waals surface area contributed by atoms with Gasteiger partial charge in [0.1, 0.15) is 0 Å². The maximum Gasteiger partial charge on any atom is 0.322 e. The topological polar surface area (TPSA) is 102 Å². The van der Waals surface area contributed by atoms with E-state index in [2.05, 4.69) is 15.5 Å². The van der Waals surface area contributed by atoms with E-state index in [-0.39, 0.29) is 23.2 Å². The van der Waals surface area contributed by atoms with E-state index in [1.54, 1.807) is 38.1 Å². The van der Waals surface area contributed by atoms with Crippen molar-refractivity contribution in [3.8, 4) is 0 Å². The van der Waals surface area contributed by atoms with Crippen LogP contribution in [0.5, 0.6) is 0 Å². The molecule has 3 aromatic rings. The summed E-state index contributed by atoms with van der Waals surface area (Å²) in [4.78, 5) is 12.5. The van der Waals surface area contributed by atoms with E-state index in [1.165, 1.54) is 5.56 Å². The molecule has 0 unspecified atom stereocenters. The van der Waals surface area contributed by atoms with Crippen molar-refractivity contribution in [2.45, 2.75) is 50.7 Å². The quantitative estimate of drug-likeness (QED) is 0.618. The maximum absolute atomic E-state index is 12.2. The van der Waals surface area contributed by atoms with Crippen molar-refractivity contribution in [2.75, 3.05) is 5.32 Å². The summed E-state index contributed by atoms with van der Waals surface area (Å²) in [6.07, 6.45) is 0.548. The van der Waals surface area contributed by atoms with Crippen LogP contribution in [-0.4, -0.2) is 29.8 Å². The Morgan fingerprint density at radius 3 is 2.30 bits per heavy atom. The minimum atomic E-state index is -3.31. The fourth-order valence-corrected chi connectivity index (χ4v) is 3.94. The first-order chi connectivity index (χ1) is 14.1. The van der Waals surface area contributed by atoms with Crippen molar-refractivity contribution in [1.29, 1.82) is 0 Å². The fraction of sp³-hybridized carbons (Fsp3) is 0.318. The molecule has 158 valence electrons. The third kappa shape index (κ3) is 5.13. The van der Waals surface area contributed by atoms with Gasteiger partial charge in [-0.05, 0) is 62.1 Å². The molecule has 1 aromatic heterocycles. The Morgan fingerprint density at radius 2 is 1.67 bits per heavy atom. The molecule has 1 heterocycles. The summed E-state index contributed by atoms with van der Waals surface area (Å²) in [6.45, 7) is 7.33. The van der Waals surface area contributed by atoms with Gasteiger partial charge in [-0.25, -0.2) is 8.42 Å². The number of benzene rings is 2. The molecule has 0 bridgehead atoms. The van der Waals surface area contributed by atoms with E-state index in [0.29, 0.717) is 12.3 Å². The van der Waals surface area contributed by atoms with Crippen LogP contribution in [0.2, 0.25) is 0 Å². The molecule has 0 aliphatic rings. The molecule has 8 heteroatoms. The van der Waals surface area contributed by atoms with Gasteiger partial charge in [0.05, 0.1) is 23.0 Å². The number of nitrogens with zero attached hydrogens (tertiary/aromatic N) is 2. The summed E-state index contributed by atoms with van der Waals surface area (Å²) in [6, 6.07) is 12.5. The molecule has 0 radical (unpaired) electrons. The molecular weight excluding hydrogens is 402 g/mol. The summed E-state index contributed by atoms with van der Waals surface area (Å²) in [5, 5.41) is 9.94. The van der Waals surface area contributed by atoms with Crippen molar-refractivity contribution < 1.29 is 17.6 Å². The fourth-order valence-electron chi connectivity index (χ4n) is 2.88. The Balaban J connectivity index is 1.61. The smallest absolute Gasteiger partial charge is 0.322 e. The standard InChI is InChI=1S/C22H25N3O4S/c1-14(2)30(27,28)19-9-7-17(8-10-19)13-21-24-25-22(29-21)23-20(26)12-18-6-5-15(3)16(4)11-18/h5-11,14H,12-13H2,1-4H3,(H,23,25,26). The minimum Gasteiger partial charge on any atom is -0.407 e. The summed E-state index contributed by atoms with van der Waals surface area (Å²) in [5.41, 5.74) is 4.05. The van der Waals surface area contributed by atoms with E-state index >= 15 is 0 Å². The van der Waals surface area contributed by atoms with E-state index in [9.17, 15) is 13.2 Å². The van der Waals surface area contributed by atoms with E-state index in [1.807, 2.05) is 32.0 Å². The van der Waals surface area contributed by atoms with Gasteiger partial charge in [-0.1, -0.05) is 35.4 Å². The van der Waals surface area contributed by atoms with Crippen LogP contribution in [0, 0.1) is 13.8 Å². The molecule has 0 fully saturated rings. The number of anilines is 1. The Kier molecular flexibility index (Phi) is 6.36. The van der Waals surface area contributed by atoms with Crippen molar-refractivity contribution >= 4 is 21.8 Å². The largest absolute Gasteiger partial charge is 0.407 e. The zero-order chi connectivity index (χ0) is 21.9. The van der Waals surface area contributed by atoms with E-state index in [0.717, 1.165) is 16.7 Å². The number of aromatic nitrogens is 2. The van der Waals surface area contributed by atoms with Crippen LogP contribution in [0.1, 0.15) is 42.0 Å². The Hall–Kier alpha value is -3.00. The van der Waals surface area contributed by atoms with E-state index < -0.39 is 15.1 Å². The Morgan fingerprint density at radius 1 is 1.00 bits per heavy atom. The van der Waals surface area contributed by atoms with Gasteiger partial charge < -0.3 is 4.42 Å². The van der Waals surface area contributed by atoms with Gasteiger partial charge in [0.2, 0.25) is 11.8 Å². The molecule has 0 saturated carbocycles. The molecule has 3 rings (SSSR count). The summed E-state index contributed by atoms with van der Waals surface area (Å²) < 4.78 is 29.9. The number of aryl methyl sites for hydroxylation is 2. The monoisotopic (exact) mass is 427 g/mol. The molecule has 1 N–H and O–H groups in total. The molecule has 0 saturated heterocycles. The molecule has 30 heavy (non-hydrogen) atoms. The van der Waals surface area contributed by atoms with Crippen LogP contribution in [-0.2, 0) is 27.5 Å². The molecule has 2 aromatic carbocycles. The average Bonchev–Trinajstić information content (AvgIpc) is 3.11. The minimum absolute atomic E-state index is 0.0397. The molecule has 0 aliphatic carbocycles. The maximum atomic E-state index is 12.2. The van der Waals surface area contributed by atoms with Crippen LogP contribution >= 0.6 is 0 Å². The zero-order valence-corrected chi connectivity index (χ0v) is 18.3. The normalized spacial score (nSPS) is 11.6. The van der Waals surface area contributed by atoms with Gasteiger partial charge in [-0.3, -0.25) is 10.1 Å². The predicted octanol–water partition coefficient (Wildman–Crippen LogP) is 3.64. The molecule has 0 aliphatic heterocycles. The number of rotatable bonds is 7. The Labute approximate surface area is 176 Å². The van der Waals surface area contributed by atoms with Crippen molar-refractivity contribution in [3.05, 3.63) is 70.6 Å². The lowest BCUT2D eigenvalue weighted by atomic mass is 10.0. The molecule has 0 atom stereocenters. The lowest BCUT2D eigenvalue weighted by molar-refractivity contribution is -0.115. The number of hydrogen-bond acceptors (Lipinski definition) is 6. The first kappa shape index (κ1) is 21.7. The summed E-state index contributed by atoms with van der Waals surface area (Å²) in [7, 11) is -3.31. The first-order valence-corrected chi connectivity index (χ1v) is 11.2. The third-order valence-electron chi connectivity index (χ3n) is 4.88. The zero-order valence-electron chi connectivity index (χ0n) is 17.5. The second-order valence-electron chi connectivity index (χ2n) is 7.56. The number of nitrogens with one attached hydrogen (secondary N) is 1.